The molecule has 1 atom stereocenters. The van der Waals surface area contributed by atoms with Crippen LogP contribution in [0.5, 0.6) is 11.6 Å². The molecule has 0 saturated carbocycles. The SMILES string of the molecule is CS(=O)(=O)c1ccc(-c2ccc3c(c2)CCCOc2cc(ccc2Cc2nc4ccc(C(=O)O)cc4n2C[C@@H]2CCO2)-c2cccc(n2)OC3)cc1. The van der Waals surface area contributed by atoms with Crippen LogP contribution in [-0.4, -0.2) is 59.6 Å². The lowest BCUT2D eigenvalue weighted by Crippen LogP contribution is -2.31. The van der Waals surface area contributed by atoms with Crippen molar-refractivity contribution >= 4 is 26.8 Å². The first-order valence-electron chi connectivity index (χ1n) is 17.3. The molecule has 0 radical (unpaired) electrons. The van der Waals surface area contributed by atoms with E-state index < -0.39 is 15.8 Å². The Morgan fingerprint density at radius 1 is 0.865 bits per heavy atom. The maximum Gasteiger partial charge on any atom is 0.335 e. The number of sulfone groups is 1. The summed E-state index contributed by atoms with van der Waals surface area (Å²) in [5.74, 6) is 1.07. The second-order valence-electron chi connectivity index (χ2n) is 13.3. The van der Waals surface area contributed by atoms with Crippen molar-refractivity contribution < 1.29 is 32.5 Å². The summed E-state index contributed by atoms with van der Waals surface area (Å²) < 4.78 is 44.7. The van der Waals surface area contributed by atoms with Gasteiger partial charge in [0, 0.05) is 36.5 Å². The molecule has 4 heterocycles. The highest BCUT2D eigenvalue weighted by Gasteiger charge is 2.23. The summed E-state index contributed by atoms with van der Waals surface area (Å²) in [6.07, 6.45) is 4.15. The smallest absolute Gasteiger partial charge is 0.335 e. The molecule has 264 valence electrons. The van der Waals surface area contributed by atoms with Crippen LogP contribution in [0.2, 0.25) is 0 Å². The normalized spacial score (nSPS) is 15.8. The van der Waals surface area contributed by atoms with Crippen LogP contribution in [0.4, 0.5) is 0 Å². The van der Waals surface area contributed by atoms with Crippen LogP contribution in [0.3, 0.4) is 0 Å². The number of aromatic carboxylic acids is 1. The van der Waals surface area contributed by atoms with E-state index >= 15 is 0 Å². The molecule has 0 amide bonds. The molecule has 52 heavy (non-hydrogen) atoms. The minimum atomic E-state index is -3.29. The van der Waals surface area contributed by atoms with Crippen LogP contribution in [-0.2, 0) is 40.6 Å². The molecule has 2 aliphatic heterocycles. The van der Waals surface area contributed by atoms with Crippen LogP contribution in [0.15, 0.2) is 102 Å². The number of rotatable bonds is 7. The number of benzene rings is 4. The van der Waals surface area contributed by atoms with Gasteiger partial charge in [-0.1, -0.05) is 48.5 Å². The molecule has 0 aliphatic carbocycles. The second kappa shape index (κ2) is 13.9. The standard InChI is InChI=1S/C41H37N3O7S/c1-52(47,48)34-14-11-26(12-15-34)28-7-10-32-25-51-40-6-2-5-35(43-40)29-8-9-30(38(22-29)50-18-3-4-27(32)20-28)23-39-42-36-16-13-31(41(45)46)21-37(36)44(39)24-33-17-19-49-33/h2,5-16,20-22,33H,3-4,17-19,23-25H2,1H3,(H,45,46)/t33-/m0/s1. The van der Waals surface area contributed by atoms with Crippen molar-refractivity contribution in [3.8, 4) is 34.0 Å². The van der Waals surface area contributed by atoms with E-state index in [0.717, 1.165) is 87.6 Å². The summed E-state index contributed by atoms with van der Waals surface area (Å²) in [4.78, 5) is 21.9. The summed E-state index contributed by atoms with van der Waals surface area (Å²) in [6.45, 7) is 2.12. The lowest BCUT2D eigenvalue weighted by Gasteiger charge is -2.27. The minimum Gasteiger partial charge on any atom is -0.493 e. The van der Waals surface area contributed by atoms with Crippen molar-refractivity contribution in [2.45, 2.75) is 49.8 Å². The Morgan fingerprint density at radius 3 is 2.44 bits per heavy atom. The highest BCUT2D eigenvalue weighted by Crippen LogP contribution is 2.32. The number of aromatic nitrogens is 3. The highest BCUT2D eigenvalue weighted by atomic mass is 32.2. The van der Waals surface area contributed by atoms with Crippen LogP contribution < -0.4 is 9.47 Å². The second-order valence-corrected chi connectivity index (χ2v) is 15.3. The molecule has 0 unspecified atom stereocenters. The van der Waals surface area contributed by atoms with Crippen molar-refractivity contribution in [2.75, 3.05) is 19.5 Å². The molecular weight excluding hydrogens is 679 g/mol. The maximum atomic E-state index is 12.0. The number of ether oxygens (including phenoxy) is 3. The number of pyridine rings is 1. The first-order chi connectivity index (χ1) is 25.2. The molecule has 4 aromatic carbocycles. The zero-order valence-corrected chi connectivity index (χ0v) is 29.4. The molecule has 2 aliphatic rings. The Bertz CT molecular complexity index is 2420. The predicted octanol–water partition coefficient (Wildman–Crippen LogP) is 7.15. The van der Waals surface area contributed by atoms with Gasteiger partial charge in [-0.2, -0.15) is 0 Å². The number of aryl methyl sites for hydroxylation is 1. The number of carboxylic acids is 1. The van der Waals surface area contributed by atoms with Crippen molar-refractivity contribution in [1.29, 1.82) is 0 Å². The minimum absolute atomic E-state index is 0.0529. The van der Waals surface area contributed by atoms with Gasteiger partial charge in [-0.05, 0) is 84.0 Å². The first-order valence-corrected chi connectivity index (χ1v) is 19.2. The van der Waals surface area contributed by atoms with E-state index in [9.17, 15) is 18.3 Å². The molecule has 1 N–H and O–H groups in total. The van der Waals surface area contributed by atoms with Crippen molar-refractivity contribution in [3.05, 3.63) is 125 Å². The van der Waals surface area contributed by atoms with Gasteiger partial charge in [0.15, 0.2) is 9.84 Å². The van der Waals surface area contributed by atoms with E-state index in [2.05, 4.69) is 22.8 Å². The van der Waals surface area contributed by atoms with Crippen molar-refractivity contribution in [2.24, 2.45) is 0 Å². The summed E-state index contributed by atoms with van der Waals surface area (Å²) in [5.41, 5.74) is 8.40. The lowest BCUT2D eigenvalue weighted by molar-refractivity contribution is -0.0589. The molecule has 2 aromatic heterocycles. The number of hydrogen-bond acceptors (Lipinski definition) is 8. The Balaban J connectivity index is 1.11. The Morgan fingerprint density at radius 2 is 1.67 bits per heavy atom. The zero-order chi connectivity index (χ0) is 35.8. The highest BCUT2D eigenvalue weighted by molar-refractivity contribution is 7.90. The lowest BCUT2D eigenvalue weighted by atomic mass is 9.96. The number of hydrogen-bond donors (Lipinski definition) is 1. The van der Waals surface area contributed by atoms with E-state index in [1.807, 2.05) is 48.5 Å². The van der Waals surface area contributed by atoms with Crippen LogP contribution >= 0.6 is 0 Å². The van der Waals surface area contributed by atoms with E-state index in [1.165, 1.54) is 6.26 Å². The molecule has 10 nitrogen and oxygen atoms in total. The van der Waals surface area contributed by atoms with Gasteiger partial charge in [-0.15, -0.1) is 0 Å². The molecule has 1 fully saturated rings. The third-order valence-electron chi connectivity index (χ3n) is 9.73. The molecule has 0 spiro atoms. The zero-order valence-electron chi connectivity index (χ0n) is 28.6. The monoisotopic (exact) mass is 715 g/mol. The predicted molar refractivity (Wildman–Crippen MR) is 197 cm³/mol. The van der Waals surface area contributed by atoms with Gasteiger partial charge in [0.2, 0.25) is 5.88 Å². The first kappa shape index (κ1) is 33.6. The third kappa shape index (κ3) is 7.02. The van der Waals surface area contributed by atoms with Crippen molar-refractivity contribution in [3.63, 3.8) is 0 Å². The fraction of sp³-hybridized carbons (Fsp3) is 0.244. The van der Waals surface area contributed by atoms with Gasteiger partial charge in [0.1, 0.15) is 18.2 Å². The third-order valence-corrected chi connectivity index (χ3v) is 10.9. The van der Waals surface area contributed by atoms with Gasteiger partial charge in [-0.25, -0.2) is 23.2 Å². The van der Waals surface area contributed by atoms with Gasteiger partial charge in [-0.3, -0.25) is 0 Å². The number of fused-ring (bicyclic) bond motifs is 7. The van der Waals surface area contributed by atoms with E-state index in [0.29, 0.717) is 32.1 Å². The molecule has 8 rings (SSSR count). The van der Waals surface area contributed by atoms with Crippen LogP contribution in [0.25, 0.3) is 33.4 Å². The van der Waals surface area contributed by atoms with Gasteiger partial charge in [0.25, 0.3) is 0 Å². The summed E-state index contributed by atoms with van der Waals surface area (Å²) in [7, 11) is -3.29. The number of carboxylic acid groups (broad SMARTS) is 1. The van der Waals surface area contributed by atoms with Crippen LogP contribution in [0.1, 0.15) is 45.7 Å². The fourth-order valence-corrected chi connectivity index (χ4v) is 7.40. The molecule has 1 saturated heterocycles. The quantitative estimate of drug-likeness (QED) is 0.183. The molecule has 6 aromatic rings. The fourth-order valence-electron chi connectivity index (χ4n) is 6.77. The number of nitrogens with zero attached hydrogens (tertiary/aromatic N) is 3. The summed E-state index contributed by atoms with van der Waals surface area (Å²) >= 11 is 0. The van der Waals surface area contributed by atoms with Gasteiger partial charge < -0.3 is 23.9 Å². The molecular formula is C41H37N3O7S. The topological polar surface area (TPSA) is 130 Å². The molecule has 11 heteroatoms. The maximum absolute atomic E-state index is 12.0. The number of carbonyl (C=O) groups is 1. The van der Waals surface area contributed by atoms with E-state index in [1.54, 1.807) is 30.3 Å². The van der Waals surface area contributed by atoms with E-state index in [4.69, 9.17) is 24.2 Å². The Labute approximate surface area is 301 Å². The average molecular weight is 716 g/mol. The van der Waals surface area contributed by atoms with Gasteiger partial charge in [0.05, 0.1) is 46.4 Å². The summed E-state index contributed by atoms with van der Waals surface area (Å²) in [6, 6.07) is 30.1. The number of imidazole rings is 1. The van der Waals surface area contributed by atoms with Crippen LogP contribution in [0, 0.1) is 0 Å². The van der Waals surface area contributed by atoms with Crippen molar-refractivity contribution in [1.82, 2.24) is 14.5 Å². The van der Waals surface area contributed by atoms with Gasteiger partial charge >= 0.3 is 5.97 Å². The Kier molecular flexibility index (Phi) is 8.98. The molecule has 4 bridgehead atoms. The average Bonchev–Trinajstić information content (AvgIpc) is 3.46. The largest absolute Gasteiger partial charge is 0.493 e. The van der Waals surface area contributed by atoms with E-state index in [-0.39, 0.29) is 16.6 Å². The Hall–Kier alpha value is -5.52. The summed E-state index contributed by atoms with van der Waals surface area (Å²) in [5, 5.41) is 9.68.